The normalized spacial score (nSPS) is 12.2. The molecule has 45 heavy (non-hydrogen) atoms. The number of esters is 1. The van der Waals surface area contributed by atoms with Gasteiger partial charge in [-0.15, -0.1) is 0 Å². The van der Waals surface area contributed by atoms with Crippen molar-refractivity contribution >= 4 is 5.97 Å². The van der Waals surface area contributed by atoms with Crippen LogP contribution in [0.15, 0.2) is 72.8 Å². The van der Waals surface area contributed by atoms with E-state index in [4.69, 9.17) is 9.47 Å². The first-order valence-corrected chi connectivity index (χ1v) is 17.0. The third kappa shape index (κ3) is 13.7. The number of alkyl halides is 3. The topological polar surface area (TPSA) is 35.5 Å². The largest absolute Gasteiger partial charge is 0.494 e. The highest BCUT2D eigenvalue weighted by Crippen LogP contribution is 2.34. The summed E-state index contributed by atoms with van der Waals surface area (Å²) < 4.78 is 51.4. The van der Waals surface area contributed by atoms with Gasteiger partial charge in [0.1, 0.15) is 11.5 Å². The predicted octanol–water partition coefficient (Wildman–Crippen LogP) is 12.2. The molecule has 1 atom stereocenters. The molecule has 0 aliphatic heterocycles. The van der Waals surface area contributed by atoms with Crippen LogP contribution in [0.25, 0.3) is 11.1 Å². The molecule has 3 aromatic rings. The van der Waals surface area contributed by atoms with Crippen molar-refractivity contribution in [2.24, 2.45) is 5.92 Å². The van der Waals surface area contributed by atoms with Crippen molar-refractivity contribution in [3.63, 3.8) is 0 Å². The quantitative estimate of drug-likeness (QED) is 0.0672. The highest BCUT2D eigenvalue weighted by Gasteiger charge is 2.38. The van der Waals surface area contributed by atoms with Crippen molar-refractivity contribution in [2.75, 3.05) is 6.61 Å². The summed E-state index contributed by atoms with van der Waals surface area (Å²) in [5.74, 6) is -0.553. The van der Waals surface area contributed by atoms with Crippen molar-refractivity contribution in [1.29, 1.82) is 0 Å². The molecular formula is C39H51F3O3. The molecule has 0 saturated heterocycles. The summed E-state index contributed by atoms with van der Waals surface area (Å²) >= 11 is 0. The van der Waals surface area contributed by atoms with E-state index in [1.165, 1.54) is 57.8 Å². The zero-order valence-electron chi connectivity index (χ0n) is 27.2. The Hall–Kier alpha value is -3.28. The molecule has 3 aromatic carbocycles. The maximum atomic E-state index is 13.3. The molecule has 0 bridgehead atoms. The van der Waals surface area contributed by atoms with Crippen LogP contribution in [0.5, 0.6) is 11.5 Å². The molecular weight excluding hydrogens is 573 g/mol. The van der Waals surface area contributed by atoms with Crippen LogP contribution in [0, 0.1) is 5.92 Å². The van der Waals surface area contributed by atoms with Crippen molar-refractivity contribution in [2.45, 2.75) is 116 Å². The van der Waals surface area contributed by atoms with Gasteiger partial charge in [-0.3, -0.25) is 0 Å². The fourth-order valence-electron chi connectivity index (χ4n) is 5.48. The maximum Gasteiger partial charge on any atom is 0.391 e. The van der Waals surface area contributed by atoms with E-state index in [1.807, 2.05) is 43.3 Å². The number of halogens is 3. The van der Waals surface area contributed by atoms with Gasteiger partial charge in [0, 0.05) is 0 Å². The molecule has 0 spiro atoms. The molecule has 246 valence electrons. The SMILES string of the molecule is CCCCCCCCCCCCOc1ccc(-c2ccc(C(=O)Oc3ccc(CCC(CCCC)C(F)(F)F)cc3)cc2)cc1. The van der Waals surface area contributed by atoms with Gasteiger partial charge in [-0.25, -0.2) is 4.79 Å². The van der Waals surface area contributed by atoms with E-state index in [0.717, 1.165) is 41.9 Å². The van der Waals surface area contributed by atoms with Gasteiger partial charge in [0.25, 0.3) is 0 Å². The van der Waals surface area contributed by atoms with E-state index >= 15 is 0 Å². The number of unbranched alkanes of at least 4 members (excludes halogenated alkanes) is 10. The summed E-state index contributed by atoms with van der Waals surface area (Å²) in [5.41, 5.74) is 3.22. The van der Waals surface area contributed by atoms with E-state index in [-0.39, 0.29) is 12.8 Å². The number of hydrogen-bond donors (Lipinski definition) is 0. The molecule has 0 N–H and O–H groups in total. The van der Waals surface area contributed by atoms with Crippen molar-refractivity contribution in [3.05, 3.63) is 83.9 Å². The van der Waals surface area contributed by atoms with Crippen molar-refractivity contribution < 1.29 is 27.4 Å². The first kappa shape index (κ1) is 36.2. The summed E-state index contributed by atoms with van der Waals surface area (Å²) in [7, 11) is 0. The van der Waals surface area contributed by atoms with Crippen LogP contribution < -0.4 is 9.47 Å². The monoisotopic (exact) mass is 624 g/mol. The molecule has 0 aliphatic rings. The summed E-state index contributed by atoms with van der Waals surface area (Å²) in [6.07, 6.45) is 10.7. The van der Waals surface area contributed by atoms with Gasteiger partial charge < -0.3 is 9.47 Å². The van der Waals surface area contributed by atoms with Gasteiger partial charge in [0.2, 0.25) is 0 Å². The number of benzene rings is 3. The molecule has 0 heterocycles. The Morgan fingerprint density at radius 3 is 1.69 bits per heavy atom. The molecule has 0 amide bonds. The molecule has 3 rings (SSSR count). The third-order valence-corrected chi connectivity index (χ3v) is 8.36. The lowest BCUT2D eigenvalue weighted by Crippen LogP contribution is -2.23. The fourth-order valence-corrected chi connectivity index (χ4v) is 5.48. The average molecular weight is 625 g/mol. The van der Waals surface area contributed by atoms with E-state index in [1.54, 1.807) is 36.4 Å². The average Bonchev–Trinajstić information content (AvgIpc) is 3.04. The summed E-state index contributed by atoms with van der Waals surface area (Å²) in [5, 5.41) is 0. The molecule has 6 heteroatoms. The second-order valence-corrected chi connectivity index (χ2v) is 12.1. The number of hydrogen-bond acceptors (Lipinski definition) is 3. The van der Waals surface area contributed by atoms with Gasteiger partial charge >= 0.3 is 12.1 Å². The van der Waals surface area contributed by atoms with E-state index in [9.17, 15) is 18.0 Å². The second-order valence-electron chi connectivity index (χ2n) is 12.1. The first-order chi connectivity index (χ1) is 21.8. The van der Waals surface area contributed by atoms with Crippen LogP contribution in [-0.4, -0.2) is 18.8 Å². The minimum Gasteiger partial charge on any atom is -0.494 e. The molecule has 1 unspecified atom stereocenters. The molecule has 0 radical (unpaired) electrons. The van der Waals surface area contributed by atoms with Crippen LogP contribution in [0.4, 0.5) is 13.2 Å². The van der Waals surface area contributed by atoms with E-state index < -0.39 is 18.1 Å². The fraction of sp³-hybridized carbons (Fsp3) is 0.513. The Balaban J connectivity index is 1.38. The number of aryl methyl sites for hydroxylation is 1. The zero-order valence-corrected chi connectivity index (χ0v) is 27.2. The first-order valence-electron chi connectivity index (χ1n) is 17.0. The van der Waals surface area contributed by atoms with Crippen LogP contribution in [-0.2, 0) is 6.42 Å². The minimum atomic E-state index is -4.18. The lowest BCUT2D eigenvalue weighted by molar-refractivity contribution is -0.178. The summed E-state index contributed by atoms with van der Waals surface area (Å²) in [6, 6.07) is 21.9. The van der Waals surface area contributed by atoms with Crippen LogP contribution in [0.2, 0.25) is 0 Å². The lowest BCUT2D eigenvalue weighted by atomic mass is 9.94. The van der Waals surface area contributed by atoms with Gasteiger partial charge in [-0.05, 0) is 78.8 Å². The number of carbonyl (C=O) groups is 1. The zero-order chi connectivity index (χ0) is 32.3. The molecule has 0 aliphatic carbocycles. The molecule has 0 aromatic heterocycles. The Labute approximate surface area is 268 Å². The summed E-state index contributed by atoms with van der Waals surface area (Å²) in [4.78, 5) is 12.7. The standard InChI is InChI=1S/C39H51F3O3/c1-3-5-7-8-9-10-11-12-13-14-30-44-36-28-23-33(24-29-36)32-19-21-34(22-20-32)38(43)45-37-26-17-31(18-27-37)16-25-35(15-6-4-2)39(40,41)42/h17-24,26-29,35H,3-16,25,30H2,1-2H3. The predicted molar refractivity (Wildman–Crippen MR) is 178 cm³/mol. The second kappa shape index (κ2) is 20.0. The summed E-state index contributed by atoms with van der Waals surface area (Å²) in [6.45, 7) is 4.88. The van der Waals surface area contributed by atoms with Gasteiger partial charge in [-0.1, -0.05) is 121 Å². The Morgan fingerprint density at radius 2 is 1.13 bits per heavy atom. The van der Waals surface area contributed by atoms with Crippen molar-refractivity contribution in [3.8, 4) is 22.6 Å². The maximum absolute atomic E-state index is 13.3. The van der Waals surface area contributed by atoms with Gasteiger partial charge in [0.05, 0.1) is 18.1 Å². The number of carbonyl (C=O) groups excluding carboxylic acids is 1. The number of rotatable bonds is 21. The Bertz CT molecular complexity index is 1220. The van der Waals surface area contributed by atoms with Gasteiger partial charge in [-0.2, -0.15) is 13.2 Å². The van der Waals surface area contributed by atoms with Crippen LogP contribution in [0.3, 0.4) is 0 Å². The molecule has 0 saturated carbocycles. The van der Waals surface area contributed by atoms with Crippen LogP contribution >= 0.6 is 0 Å². The van der Waals surface area contributed by atoms with E-state index in [0.29, 0.717) is 24.2 Å². The minimum absolute atomic E-state index is 0.0597. The molecule has 3 nitrogen and oxygen atoms in total. The Kier molecular flexibility index (Phi) is 16.1. The van der Waals surface area contributed by atoms with Crippen molar-refractivity contribution in [1.82, 2.24) is 0 Å². The van der Waals surface area contributed by atoms with E-state index in [2.05, 4.69) is 6.92 Å². The van der Waals surface area contributed by atoms with Crippen LogP contribution in [0.1, 0.15) is 120 Å². The highest BCUT2D eigenvalue weighted by molar-refractivity contribution is 5.91. The highest BCUT2D eigenvalue weighted by atomic mass is 19.4. The lowest BCUT2D eigenvalue weighted by Gasteiger charge is -2.20. The Morgan fingerprint density at radius 1 is 0.622 bits per heavy atom. The third-order valence-electron chi connectivity index (χ3n) is 8.36. The van der Waals surface area contributed by atoms with Gasteiger partial charge in [0.15, 0.2) is 0 Å². The molecule has 0 fully saturated rings. The smallest absolute Gasteiger partial charge is 0.391 e. The number of ether oxygens (including phenoxy) is 2.